The van der Waals surface area contributed by atoms with Gasteiger partial charge in [0.2, 0.25) is 0 Å². The Morgan fingerprint density at radius 3 is 2.30 bits per heavy atom. The number of carbonyl (C=O) groups is 2. The fourth-order valence-electron chi connectivity index (χ4n) is 2.31. The first-order chi connectivity index (χ1) is 11.6. The van der Waals surface area contributed by atoms with Gasteiger partial charge in [-0.2, -0.15) is 19.0 Å². The normalized spacial score (nSPS) is 11.6. The summed E-state index contributed by atoms with van der Waals surface area (Å²) in [5.41, 5.74) is 2.43. The largest absolute Gasteiger partial charge is 1.00 e. The second kappa shape index (κ2) is 20.9. The molecule has 0 atom stereocenters. The monoisotopic (exact) mass is 421 g/mol. The van der Waals surface area contributed by atoms with Gasteiger partial charge in [0.1, 0.15) is 6.61 Å². The van der Waals surface area contributed by atoms with Crippen LogP contribution in [0.4, 0.5) is 0 Å². The van der Waals surface area contributed by atoms with Crippen LogP contribution in [0.3, 0.4) is 0 Å². The van der Waals surface area contributed by atoms with E-state index in [0.29, 0.717) is 12.1 Å². The van der Waals surface area contributed by atoms with Gasteiger partial charge >= 0.3 is 57.4 Å². The molecule has 1 fully saturated rings. The Balaban J connectivity index is -0.000000354. The number of carbonyl (C=O) groups excluding carboxylic acids is 2. The summed E-state index contributed by atoms with van der Waals surface area (Å²) in [5.74, 6) is -0.318. The van der Waals surface area contributed by atoms with Crippen LogP contribution in [-0.2, 0) is 16.1 Å². The van der Waals surface area contributed by atoms with Crippen LogP contribution < -0.4 is 51.4 Å². The standard InChI is InChI=1S/C16H20NO3.C2H6.CH4S.2CH3.K/c1-12-6-7-14(11-20-13(2)18)15(10-12)16(19)17-8-4-3-5-9-17;2*1-2;;;/h4,6-7,10H,3,5,8-9,11H2,1-2H3;1-2H3;2H,1H3;2*1H3;/q-1;;;2*-1;+1. The van der Waals surface area contributed by atoms with E-state index in [1.54, 1.807) is 6.26 Å². The molecule has 152 valence electrons. The van der Waals surface area contributed by atoms with Gasteiger partial charge in [0.15, 0.2) is 0 Å². The van der Waals surface area contributed by atoms with Crippen molar-refractivity contribution < 1.29 is 65.7 Å². The molecular weight excluding hydrogens is 385 g/mol. The first kappa shape index (κ1) is 34.6. The number of ether oxygens (including phenoxy) is 1. The molecule has 1 aliphatic heterocycles. The smallest absolute Gasteiger partial charge is 0.461 e. The number of likely N-dealkylation sites (tertiary alicyclic amines) is 1. The number of esters is 1. The van der Waals surface area contributed by atoms with Crippen LogP contribution in [0.25, 0.3) is 0 Å². The molecule has 1 saturated heterocycles. The number of rotatable bonds is 3. The molecule has 1 aliphatic rings. The third-order valence-electron chi connectivity index (χ3n) is 3.40. The van der Waals surface area contributed by atoms with Crippen molar-refractivity contribution in [2.24, 2.45) is 0 Å². The third kappa shape index (κ3) is 13.1. The number of hydrogen-bond donors (Lipinski definition) is 1. The van der Waals surface area contributed by atoms with Crippen LogP contribution in [0, 0.1) is 28.2 Å². The molecule has 6 heteroatoms. The van der Waals surface area contributed by atoms with E-state index in [0.717, 1.165) is 30.5 Å². The average molecular weight is 422 g/mol. The zero-order valence-corrected chi connectivity index (χ0v) is 22.5. The third-order valence-corrected chi connectivity index (χ3v) is 3.40. The van der Waals surface area contributed by atoms with Gasteiger partial charge in [0.05, 0.1) is 0 Å². The summed E-state index contributed by atoms with van der Waals surface area (Å²) < 4.78 is 5.03. The van der Waals surface area contributed by atoms with Crippen molar-refractivity contribution in [3.8, 4) is 0 Å². The summed E-state index contributed by atoms with van der Waals surface area (Å²) in [6, 6.07) is 5.66. The Bertz CT molecular complexity index is 518. The number of hydrogen-bond acceptors (Lipinski definition) is 4. The molecule has 0 unspecified atom stereocenters. The second-order valence-corrected chi connectivity index (χ2v) is 5.12. The van der Waals surface area contributed by atoms with E-state index in [1.165, 1.54) is 6.92 Å². The van der Waals surface area contributed by atoms with Crippen molar-refractivity contribution in [1.82, 2.24) is 4.90 Å². The fraction of sp³-hybridized carbons (Fsp3) is 0.476. The molecule has 0 saturated carbocycles. The minimum atomic E-state index is -0.338. The molecule has 1 heterocycles. The molecule has 0 aromatic heterocycles. The topological polar surface area (TPSA) is 46.6 Å². The Labute approximate surface area is 215 Å². The molecule has 27 heavy (non-hydrogen) atoms. The van der Waals surface area contributed by atoms with Gasteiger partial charge in [-0.1, -0.05) is 38.0 Å². The minimum Gasteiger partial charge on any atom is -0.461 e. The first-order valence-corrected chi connectivity index (χ1v) is 9.26. The van der Waals surface area contributed by atoms with E-state index < -0.39 is 0 Å². The average Bonchev–Trinajstić information content (AvgIpc) is 2.64. The number of nitrogens with zero attached hydrogens (tertiary/aromatic N) is 1. The predicted molar refractivity (Wildman–Crippen MR) is 115 cm³/mol. The van der Waals surface area contributed by atoms with E-state index in [4.69, 9.17) is 4.74 Å². The summed E-state index contributed by atoms with van der Waals surface area (Å²) in [4.78, 5) is 25.4. The SMILES string of the molecule is CC.CC(=O)OCc1ccc(C)cc1C(=O)N1C[CH-]CCC1.CS.[CH3-].[CH3-].[K+]. The van der Waals surface area contributed by atoms with E-state index in [-0.39, 0.29) is 84.7 Å². The summed E-state index contributed by atoms with van der Waals surface area (Å²) in [7, 11) is 0. The second-order valence-electron chi connectivity index (χ2n) is 5.12. The summed E-state index contributed by atoms with van der Waals surface area (Å²) in [5, 5.41) is 0. The number of amides is 1. The summed E-state index contributed by atoms with van der Waals surface area (Å²) in [6.07, 6.45) is 5.90. The maximum absolute atomic E-state index is 12.6. The van der Waals surface area contributed by atoms with Crippen LogP contribution in [0.5, 0.6) is 0 Å². The van der Waals surface area contributed by atoms with Gasteiger partial charge in [-0.25, -0.2) is 0 Å². The van der Waals surface area contributed by atoms with Gasteiger partial charge in [-0.15, -0.1) is 6.54 Å². The van der Waals surface area contributed by atoms with Crippen molar-refractivity contribution in [1.29, 1.82) is 0 Å². The summed E-state index contributed by atoms with van der Waals surface area (Å²) in [6.45, 7) is 8.95. The van der Waals surface area contributed by atoms with Gasteiger partial charge < -0.3 is 30.9 Å². The molecule has 1 aromatic carbocycles. The zero-order valence-electron chi connectivity index (χ0n) is 18.5. The van der Waals surface area contributed by atoms with Crippen molar-refractivity contribution in [2.75, 3.05) is 19.3 Å². The van der Waals surface area contributed by atoms with Crippen LogP contribution in [0.1, 0.15) is 55.1 Å². The van der Waals surface area contributed by atoms with Crippen molar-refractivity contribution in [3.63, 3.8) is 0 Å². The molecule has 0 spiro atoms. The molecule has 1 aromatic rings. The van der Waals surface area contributed by atoms with Crippen LogP contribution in [0.2, 0.25) is 0 Å². The van der Waals surface area contributed by atoms with Crippen molar-refractivity contribution in [2.45, 2.75) is 47.1 Å². The quantitative estimate of drug-likeness (QED) is 0.351. The molecule has 0 bridgehead atoms. The first-order valence-electron chi connectivity index (χ1n) is 8.36. The Morgan fingerprint density at radius 2 is 1.81 bits per heavy atom. The fourth-order valence-corrected chi connectivity index (χ4v) is 2.31. The number of benzene rings is 1. The van der Waals surface area contributed by atoms with Crippen molar-refractivity contribution >= 4 is 24.5 Å². The molecule has 2 rings (SSSR count). The predicted octanol–water partition coefficient (Wildman–Crippen LogP) is 1.98. The van der Waals surface area contributed by atoms with Gasteiger partial charge in [-0.3, -0.25) is 9.59 Å². The minimum absolute atomic E-state index is 0. The van der Waals surface area contributed by atoms with Crippen LogP contribution in [-0.4, -0.2) is 36.1 Å². The Hall–Kier alpha value is 0.146. The van der Waals surface area contributed by atoms with E-state index in [1.807, 2.05) is 43.9 Å². The molecule has 0 radical (unpaired) electrons. The molecule has 1 amide bonds. The maximum atomic E-state index is 12.6. The Morgan fingerprint density at radius 1 is 1.22 bits per heavy atom. The maximum Gasteiger partial charge on any atom is 1.00 e. The van der Waals surface area contributed by atoms with E-state index in [9.17, 15) is 9.59 Å². The molecular formula is C21H36KNO3S-2. The zero-order chi connectivity index (χ0) is 18.5. The van der Waals surface area contributed by atoms with E-state index >= 15 is 0 Å². The van der Waals surface area contributed by atoms with E-state index in [2.05, 4.69) is 19.0 Å². The number of piperidine rings is 1. The number of thiol groups is 1. The number of aryl methyl sites for hydroxylation is 1. The van der Waals surface area contributed by atoms with Gasteiger partial charge in [-0.05, 0) is 19.2 Å². The van der Waals surface area contributed by atoms with Crippen molar-refractivity contribution in [3.05, 3.63) is 56.2 Å². The van der Waals surface area contributed by atoms with Crippen LogP contribution in [0.15, 0.2) is 18.2 Å². The Kier molecular flexibility index (Phi) is 26.8. The van der Waals surface area contributed by atoms with Crippen LogP contribution >= 0.6 is 12.6 Å². The molecule has 0 aliphatic carbocycles. The molecule has 0 N–H and O–H groups in total. The summed E-state index contributed by atoms with van der Waals surface area (Å²) >= 11 is 3.53. The molecule has 4 nitrogen and oxygen atoms in total. The van der Waals surface area contributed by atoms with Gasteiger partial charge in [0.25, 0.3) is 5.91 Å². The van der Waals surface area contributed by atoms with Gasteiger partial charge in [0, 0.05) is 24.6 Å².